The van der Waals surface area contributed by atoms with E-state index < -0.39 is 10.0 Å². The van der Waals surface area contributed by atoms with Crippen LogP contribution in [-0.4, -0.2) is 25.3 Å². The second kappa shape index (κ2) is 5.27. The normalized spacial score (nSPS) is 15.6. The van der Waals surface area contributed by atoms with E-state index in [2.05, 4.69) is 0 Å². The molecule has 0 radical (unpaired) electrons. The van der Waals surface area contributed by atoms with Gasteiger partial charge in [0, 0.05) is 24.0 Å². The van der Waals surface area contributed by atoms with Crippen molar-refractivity contribution >= 4 is 21.6 Å². The maximum Gasteiger partial charge on any atom is 0.243 e. The second-order valence-electron chi connectivity index (χ2n) is 4.21. The summed E-state index contributed by atoms with van der Waals surface area (Å²) >= 11 is 5.75. The number of halogens is 1. The van der Waals surface area contributed by atoms with E-state index in [9.17, 15) is 8.42 Å². The van der Waals surface area contributed by atoms with Gasteiger partial charge in [-0.2, -0.15) is 9.57 Å². The van der Waals surface area contributed by atoms with Crippen molar-refractivity contribution in [2.75, 3.05) is 6.54 Å². The Bertz CT molecular complexity index is 559. The van der Waals surface area contributed by atoms with Crippen LogP contribution in [0.4, 0.5) is 0 Å². The Balaban J connectivity index is 2.27. The molecular formula is C12H13ClN2O2S. The number of sulfonamides is 1. The second-order valence-corrected chi connectivity index (χ2v) is 6.54. The topological polar surface area (TPSA) is 61.2 Å². The van der Waals surface area contributed by atoms with Crippen LogP contribution in [0.25, 0.3) is 0 Å². The zero-order valence-corrected chi connectivity index (χ0v) is 11.3. The molecule has 1 aromatic carbocycles. The van der Waals surface area contributed by atoms with Gasteiger partial charge in [-0.05, 0) is 37.1 Å². The van der Waals surface area contributed by atoms with Gasteiger partial charge in [0.25, 0.3) is 0 Å². The summed E-state index contributed by atoms with van der Waals surface area (Å²) in [6.45, 7) is 0.256. The lowest BCUT2D eigenvalue weighted by Crippen LogP contribution is -2.33. The highest BCUT2D eigenvalue weighted by Crippen LogP contribution is 2.32. The number of nitrogens with zero attached hydrogens (tertiary/aromatic N) is 2. The van der Waals surface area contributed by atoms with Crippen molar-refractivity contribution in [3.63, 3.8) is 0 Å². The smallest absolute Gasteiger partial charge is 0.207 e. The van der Waals surface area contributed by atoms with Crippen molar-refractivity contribution in [1.82, 2.24) is 4.31 Å². The molecule has 1 aliphatic carbocycles. The number of nitriles is 1. The van der Waals surface area contributed by atoms with E-state index in [1.165, 1.54) is 16.4 Å². The van der Waals surface area contributed by atoms with Crippen LogP contribution in [0.15, 0.2) is 29.2 Å². The molecular weight excluding hydrogens is 272 g/mol. The summed E-state index contributed by atoms with van der Waals surface area (Å²) in [5.74, 6) is 0. The van der Waals surface area contributed by atoms with Crippen molar-refractivity contribution in [3.05, 3.63) is 29.3 Å². The van der Waals surface area contributed by atoms with E-state index in [4.69, 9.17) is 16.9 Å². The van der Waals surface area contributed by atoms with E-state index in [-0.39, 0.29) is 23.9 Å². The molecule has 0 unspecified atom stereocenters. The molecule has 96 valence electrons. The molecule has 6 heteroatoms. The molecule has 0 saturated heterocycles. The third-order valence-corrected chi connectivity index (χ3v) is 5.04. The molecule has 0 atom stereocenters. The Morgan fingerprint density at radius 3 is 2.44 bits per heavy atom. The molecule has 0 N–H and O–H groups in total. The van der Waals surface area contributed by atoms with Crippen LogP contribution in [0.1, 0.15) is 19.3 Å². The van der Waals surface area contributed by atoms with E-state index >= 15 is 0 Å². The highest BCUT2D eigenvalue weighted by Gasteiger charge is 2.37. The van der Waals surface area contributed by atoms with Gasteiger partial charge in [0.2, 0.25) is 10.0 Å². The van der Waals surface area contributed by atoms with Gasteiger partial charge in [-0.1, -0.05) is 11.6 Å². The maximum absolute atomic E-state index is 12.4. The van der Waals surface area contributed by atoms with Gasteiger partial charge in [-0.15, -0.1) is 0 Å². The van der Waals surface area contributed by atoms with Crippen LogP contribution < -0.4 is 0 Å². The van der Waals surface area contributed by atoms with Gasteiger partial charge in [-0.25, -0.2) is 8.42 Å². The van der Waals surface area contributed by atoms with E-state index in [1.807, 2.05) is 6.07 Å². The molecule has 0 heterocycles. The van der Waals surface area contributed by atoms with Crippen LogP contribution >= 0.6 is 11.6 Å². The molecule has 1 saturated carbocycles. The number of hydrogen-bond acceptors (Lipinski definition) is 3. The van der Waals surface area contributed by atoms with Gasteiger partial charge >= 0.3 is 0 Å². The summed E-state index contributed by atoms with van der Waals surface area (Å²) in [6, 6.07) is 8.16. The predicted molar refractivity (Wildman–Crippen MR) is 68.6 cm³/mol. The average Bonchev–Trinajstić information content (AvgIpc) is 3.14. The summed E-state index contributed by atoms with van der Waals surface area (Å²) in [5, 5.41) is 9.10. The van der Waals surface area contributed by atoms with Crippen molar-refractivity contribution in [2.24, 2.45) is 0 Å². The molecule has 0 amide bonds. The summed E-state index contributed by atoms with van der Waals surface area (Å²) in [7, 11) is -3.50. The molecule has 0 spiro atoms. The first-order chi connectivity index (χ1) is 8.55. The van der Waals surface area contributed by atoms with Crippen LogP contribution in [0.3, 0.4) is 0 Å². The van der Waals surface area contributed by atoms with Crippen LogP contribution in [-0.2, 0) is 10.0 Å². The van der Waals surface area contributed by atoms with Crippen LogP contribution in [0, 0.1) is 11.3 Å². The highest BCUT2D eigenvalue weighted by molar-refractivity contribution is 7.89. The fraction of sp³-hybridized carbons (Fsp3) is 0.417. The lowest BCUT2D eigenvalue weighted by molar-refractivity contribution is 0.411. The van der Waals surface area contributed by atoms with Gasteiger partial charge in [0.05, 0.1) is 11.0 Å². The minimum Gasteiger partial charge on any atom is -0.207 e. The van der Waals surface area contributed by atoms with Crippen molar-refractivity contribution in [2.45, 2.75) is 30.2 Å². The summed E-state index contributed by atoms with van der Waals surface area (Å²) < 4.78 is 26.2. The predicted octanol–water partition coefficient (Wildman–Crippen LogP) is 2.41. The van der Waals surface area contributed by atoms with E-state index in [1.54, 1.807) is 12.1 Å². The lowest BCUT2D eigenvalue weighted by Gasteiger charge is -2.20. The third kappa shape index (κ3) is 2.83. The molecule has 0 aliphatic heterocycles. The first kappa shape index (κ1) is 13.3. The Hall–Kier alpha value is -1.09. The Labute approximate surface area is 112 Å². The van der Waals surface area contributed by atoms with E-state index in [0.29, 0.717) is 5.02 Å². The molecule has 1 fully saturated rings. The molecule has 0 aromatic heterocycles. The summed E-state index contributed by atoms with van der Waals surface area (Å²) in [5.41, 5.74) is 0. The fourth-order valence-corrected chi connectivity index (χ4v) is 3.58. The zero-order chi connectivity index (χ0) is 13.2. The zero-order valence-electron chi connectivity index (χ0n) is 9.71. The molecule has 2 rings (SSSR count). The lowest BCUT2D eigenvalue weighted by atomic mass is 10.4. The Kier molecular flexibility index (Phi) is 3.91. The highest BCUT2D eigenvalue weighted by atomic mass is 35.5. The largest absolute Gasteiger partial charge is 0.243 e. The maximum atomic E-state index is 12.4. The number of benzene rings is 1. The molecule has 4 nitrogen and oxygen atoms in total. The van der Waals surface area contributed by atoms with Crippen molar-refractivity contribution in [3.8, 4) is 6.07 Å². The molecule has 0 bridgehead atoms. The van der Waals surface area contributed by atoms with Crippen LogP contribution in [0.5, 0.6) is 0 Å². The quantitative estimate of drug-likeness (QED) is 0.834. The minimum absolute atomic E-state index is 0.0547. The van der Waals surface area contributed by atoms with Crippen molar-refractivity contribution in [1.29, 1.82) is 5.26 Å². The van der Waals surface area contributed by atoms with Crippen LogP contribution in [0.2, 0.25) is 5.02 Å². The average molecular weight is 285 g/mol. The number of hydrogen-bond donors (Lipinski definition) is 0. The summed E-state index contributed by atoms with van der Waals surface area (Å²) in [4.78, 5) is 0.233. The van der Waals surface area contributed by atoms with Gasteiger partial charge in [0.15, 0.2) is 0 Å². The Morgan fingerprint density at radius 2 is 1.94 bits per heavy atom. The van der Waals surface area contributed by atoms with Gasteiger partial charge in [0.1, 0.15) is 0 Å². The third-order valence-electron chi connectivity index (χ3n) is 2.82. The van der Waals surface area contributed by atoms with Gasteiger partial charge < -0.3 is 0 Å². The fourth-order valence-electron chi connectivity index (χ4n) is 1.76. The first-order valence-corrected chi connectivity index (χ1v) is 7.52. The summed E-state index contributed by atoms with van der Waals surface area (Å²) in [6.07, 6.45) is 1.96. The van der Waals surface area contributed by atoms with Crippen molar-refractivity contribution < 1.29 is 8.42 Å². The first-order valence-electron chi connectivity index (χ1n) is 5.70. The molecule has 1 aliphatic rings. The minimum atomic E-state index is -3.50. The SMILES string of the molecule is N#CCCN(C1CC1)S(=O)(=O)c1ccc(Cl)cc1. The molecule has 1 aromatic rings. The monoisotopic (exact) mass is 284 g/mol. The van der Waals surface area contributed by atoms with E-state index in [0.717, 1.165) is 12.8 Å². The number of rotatable bonds is 5. The standard InChI is InChI=1S/C12H13ClN2O2S/c13-10-2-6-12(7-3-10)18(16,17)15(9-1-8-14)11-4-5-11/h2-3,6-7,11H,1,4-5,9H2. The Morgan fingerprint density at radius 1 is 1.33 bits per heavy atom. The molecule has 18 heavy (non-hydrogen) atoms. The van der Waals surface area contributed by atoms with Gasteiger partial charge in [-0.3, -0.25) is 0 Å².